The first-order valence-corrected chi connectivity index (χ1v) is 9.66. The van der Waals surface area contributed by atoms with E-state index in [1.54, 1.807) is 0 Å². The van der Waals surface area contributed by atoms with Crippen molar-refractivity contribution in [3.8, 4) is 0 Å². The summed E-state index contributed by atoms with van der Waals surface area (Å²) in [4.78, 5) is 7.22. The monoisotopic (exact) mass is 344 g/mol. The maximum Gasteiger partial charge on any atom is 0.129 e. The van der Waals surface area contributed by atoms with Gasteiger partial charge in [-0.15, -0.1) is 0 Å². The van der Waals surface area contributed by atoms with Gasteiger partial charge in [0.25, 0.3) is 0 Å². The SMILES string of the molecule is Cc1nc(N2CC(C)OC(C)(C)C2)ccc1NC1CC2(CC(N)C2)C1. The second-order valence-corrected chi connectivity index (χ2v) is 9.29. The first kappa shape index (κ1) is 17.1. The molecule has 1 spiro atoms. The van der Waals surface area contributed by atoms with Gasteiger partial charge in [-0.1, -0.05) is 0 Å². The Morgan fingerprint density at radius 2 is 1.96 bits per heavy atom. The van der Waals surface area contributed by atoms with E-state index in [1.165, 1.54) is 31.4 Å². The third-order valence-electron chi connectivity index (χ3n) is 6.07. The van der Waals surface area contributed by atoms with Crippen LogP contribution in [0.3, 0.4) is 0 Å². The van der Waals surface area contributed by atoms with Gasteiger partial charge in [0.05, 0.1) is 23.1 Å². The fraction of sp³-hybridized carbons (Fsp3) is 0.750. The molecule has 3 N–H and O–H groups in total. The Balaban J connectivity index is 1.39. The van der Waals surface area contributed by atoms with Crippen molar-refractivity contribution >= 4 is 11.5 Å². The molecule has 5 heteroatoms. The Morgan fingerprint density at radius 3 is 2.56 bits per heavy atom. The second kappa shape index (κ2) is 5.85. The van der Waals surface area contributed by atoms with Gasteiger partial charge >= 0.3 is 0 Å². The molecule has 138 valence electrons. The summed E-state index contributed by atoms with van der Waals surface area (Å²) < 4.78 is 6.01. The van der Waals surface area contributed by atoms with Crippen molar-refractivity contribution in [2.45, 2.75) is 77.2 Å². The minimum atomic E-state index is -0.131. The van der Waals surface area contributed by atoms with E-state index in [0.717, 1.165) is 24.6 Å². The van der Waals surface area contributed by atoms with Crippen LogP contribution in [-0.2, 0) is 4.74 Å². The summed E-state index contributed by atoms with van der Waals surface area (Å²) in [6.07, 6.45) is 5.18. The molecule has 25 heavy (non-hydrogen) atoms. The molecule has 5 nitrogen and oxygen atoms in total. The van der Waals surface area contributed by atoms with E-state index < -0.39 is 0 Å². The van der Waals surface area contributed by atoms with Gasteiger partial charge < -0.3 is 20.7 Å². The zero-order valence-electron chi connectivity index (χ0n) is 16.0. The zero-order chi connectivity index (χ0) is 17.8. The van der Waals surface area contributed by atoms with E-state index in [-0.39, 0.29) is 11.7 Å². The van der Waals surface area contributed by atoms with Gasteiger partial charge in [0.15, 0.2) is 0 Å². The van der Waals surface area contributed by atoms with Crippen LogP contribution in [0.25, 0.3) is 0 Å². The molecule has 2 saturated carbocycles. The number of rotatable bonds is 3. The van der Waals surface area contributed by atoms with Crippen LogP contribution < -0.4 is 16.0 Å². The van der Waals surface area contributed by atoms with Crippen LogP contribution in [0, 0.1) is 12.3 Å². The van der Waals surface area contributed by atoms with Gasteiger partial charge in [0, 0.05) is 25.2 Å². The average molecular weight is 345 g/mol. The minimum Gasteiger partial charge on any atom is -0.381 e. The number of hydrogen-bond donors (Lipinski definition) is 2. The van der Waals surface area contributed by atoms with Crippen LogP contribution >= 0.6 is 0 Å². The predicted molar refractivity (Wildman–Crippen MR) is 102 cm³/mol. The standard InChI is InChI=1S/C20H32N4O/c1-13-11-24(12-19(3,4)25-13)18-6-5-17(14(2)22-18)23-16-9-20(10-16)7-15(21)8-20/h5-6,13,15-16,23H,7-12,21H2,1-4H3. The van der Waals surface area contributed by atoms with Gasteiger partial charge in [-0.05, 0) is 70.9 Å². The Hall–Kier alpha value is -1.33. The van der Waals surface area contributed by atoms with E-state index in [0.29, 0.717) is 17.5 Å². The lowest BCUT2D eigenvalue weighted by molar-refractivity contribution is -0.0751. The number of nitrogens with two attached hydrogens (primary N) is 1. The summed E-state index contributed by atoms with van der Waals surface area (Å²) in [6.45, 7) is 10.3. The molecule has 1 aromatic heterocycles. The Kier molecular flexibility index (Phi) is 4.00. The number of aromatic nitrogens is 1. The van der Waals surface area contributed by atoms with Crippen molar-refractivity contribution in [1.82, 2.24) is 4.98 Å². The molecule has 1 unspecified atom stereocenters. The highest BCUT2D eigenvalue weighted by Gasteiger charge is 2.51. The van der Waals surface area contributed by atoms with Gasteiger partial charge in [-0.2, -0.15) is 0 Å². The Morgan fingerprint density at radius 1 is 1.24 bits per heavy atom. The normalized spacial score (nSPS) is 36.7. The lowest BCUT2D eigenvalue weighted by Gasteiger charge is -2.57. The largest absolute Gasteiger partial charge is 0.381 e. The Labute approximate surface area is 151 Å². The number of ether oxygens (including phenoxy) is 1. The highest BCUT2D eigenvalue weighted by Crippen LogP contribution is 2.55. The molecule has 2 heterocycles. The van der Waals surface area contributed by atoms with E-state index in [2.05, 4.69) is 50.0 Å². The fourth-order valence-corrected chi connectivity index (χ4v) is 5.20. The average Bonchev–Trinajstić information content (AvgIpc) is 2.43. The van der Waals surface area contributed by atoms with E-state index in [4.69, 9.17) is 15.5 Å². The summed E-state index contributed by atoms with van der Waals surface area (Å²) in [5, 5.41) is 3.69. The summed E-state index contributed by atoms with van der Waals surface area (Å²) >= 11 is 0. The summed E-state index contributed by atoms with van der Waals surface area (Å²) in [5.74, 6) is 1.06. The molecule has 0 radical (unpaired) electrons. The second-order valence-electron chi connectivity index (χ2n) is 9.29. The molecule has 3 aliphatic rings. The molecule has 1 atom stereocenters. The lowest BCUT2D eigenvalue weighted by Crippen LogP contribution is -2.57. The first-order valence-electron chi connectivity index (χ1n) is 9.66. The van der Waals surface area contributed by atoms with Gasteiger partial charge in [-0.25, -0.2) is 4.98 Å². The molecule has 0 bridgehead atoms. The smallest absolute Gasteiger partial charge is 0.129 e. The number of hydrogen-bond acceptors (Lipinski definition) is 5. The zero-order valence-corrected chi connectivity index (χ0v) is 16.0. The molecule has 1 aromatic rings. The van der Waals surface area contributed by atoms with Gasteiger partial charge in [0.1, 0.15) is 5.82 Å². The van der Waals surface area contributed by atoms with E-state index in [1.807, 2.05) is 0 Å². The number of anilines is 2. The van der Waals surface area contributed by atoms with Crippen molar-refractivity contribution in [3.63, 3.8) is 0 Å². The quantitative estimate of drug-likeness (QED) is 0.882. The Bertz CT molecular complexity index is 645. The number of aryl methyl sites for hydroxylation is 1. The maximum absolute atomic E-state index is 6.01. The maximum atomic E-state index is 6.01. The number of nitrogens with zero attached hydrogens (tertiary/aromatic N) is 2. The highest BCUT2D eigenvalue weighted by atomic mass is 16.5. The predicted octanol–water partition coefficient (Wildman–Crippen LogP) is 3.08. The number of morpholine rings is 1. The summed E-state index contributed by atoms with van der Waals surface area (Å²) in [5.41, 5.74) is 8.65. The van der Waals surface area contributed by atoms with Crippen molar-refractivity contribution in [3.05, 3.63) is 17.8 Å². The van der Waals surface area contributed by atoms with Crippen molar-refractivity contribution in [1.29, 1.82) is 0 Å². The third kappa shape index (κ3) is 3.36. The molecule has 0 aromatic carbocycles. The molecule has 1 saturated heterocycles. The highest BCUT2D eigenvalue weighted by molar-refractivity contribution is 5.55. The minimum absolute atomic E-state index is 0.131. The molecule has 3 fully saturated rings. The fourth-order valence-electron chi connectivity index (χ4n) is 5.20. The van der Waals surface area contributed by atoms with E-state index in [9.17, 15) is 0 Å². The molecule has 4 rings (SSSR count). The summed E-state index contributed by atoms with van der Waals surface area (Å²) in [6, 6.07) is 5.38. The number of pyridine rings is 1. The van der Waals surface area contributed by atoms with Gasteiger partial charge in [0.2, 0.25) is 0 Å². The third-order valence-corrected chi connectivity index (χ3v) is 6.07. The molecular weight excluding hydrogens is 312 g/mol. The van der Waals surface area contributed by atoms with Crippen molar-refractivity contribution < 1.29 is 4.74 Å². The van der Waals surface area contributed by atoms with Crippen LogP contribution in [0.5, 0.6) is 0 Å². The van der Waals surface area contributed by atoms with Crippen LogP contribution in [0.1, 0.15) is 52.1 Å². The van der Waals surface area contributed by atoms with Crippen LogP contribution in [0.15, 0.2) is 12.1 Å². The molecule has 2 aliphatic carbocycles. The molecule has 0 amide bonds. The lowest BCUT2D eigenvalue weighted by atomic mass is 9.52. The topological polar surface area (TPSA) is 63.4 Å². The first-order chi connectivity index (χ1) is 11.7. The van der Waals surface area contributed by atoms with Crippen molar-refractivity contribution in [2.75, 3.05) is 23.3 Å². The molecular formula is C20H32N4O. The number of nitrogens with one attached hydrogen (secondary N) is 1. The van der Waals surface area contributed by atoms with Crippen LogP contribution in [-0.4, -0.2) is 41.9 Å². The summed E-state index contributed by atoms with van der Waals surface area (Å²) in [7, 11) is 0. The van der Waals surface area contributed by atoms with Crippen LogP contribution in [0.2, 0.25) is 0 Å². The van der Waals surface area contributed by atoms with Crippen molar-refractivity contribution in [2.24, 2.45) is 11.1 Å². The van der Waals surface area contributed by atoms with Crippen LogP contribution in [0.4, 0.5) is 11.5 Å². The van der Waals surface area contributed by atoms with Gasteiger partial charge in [-0.3, -0.25) is 0 Å². The molecule has 1 aliphatic heterocycles. The van der Waals surface area contributed by atoms with E-state index >= 15 is 0 Å².